The summed E-state index contributed by atoms with van der Waals surface area (Å²) in [5.74, 6) is 0. The summed E-state index contributed by atoms with van der Waals surface area (Å²) in [7, 11) is 0. The summed E-state index contributed by atoms with van der Waals surface area (Å²) in [6, 6.07) is 15.4. The van der Waals surface area contributed by atoms with Crippen molar-refractivity contribution in [3.63, 3.8) is 0 Å². The first-order chi connectivity index (χ1) is 8.20. The smallest absolute Gasteiger partial charge is 0.104 e. The third kappa shape index (κ3) is 2.94. The largest absolute Gasteiger partial charge is 0.384 e. The predicted molar refractivity (Wildman–Crippen MR) is 72.5 cm³/mol. The normalized spacial score (nSPS) is 12.4. The number of nitrogens with two attached hydrogens (primary N) is 1. The molecule has 0 bridgehead atoms. The van der Waals surface area contributed by atoms with Crippen LogP contribution in [0.3, 0.4) is 0 Å². The molecule has 0 aromatic heterocycles. The second kappa shape index (κ2) is 5.45. The van der Waals surface area contributed by atoms with Crippen LogP contribution in [0.2, 0.25) is 0 Å². The van der Waals surface area contributed by atoms with E-state index in [4.69, 9.17) is 5.73 Å². The molecule has 88 valence electrons. The molecule has 0 spiro atoms. The quantitative estimate of drug-likeness (QED) is 0.913. The molecule has 2 nitrogen and oxygen atoms in total. The Hall–Kier alpha value is -1.16. The molecule has 0 aliphatic rings. The zero-order chi connectivity index (χ0) is 12.3. The fourth-order valence-corrected chi connectivity index (χ4v) is 2.12. The van der Waals surface area contributed by atoms with E-state index in [-0.39, 0.29) is 0 Å². The Balaban J connectivity index is 2.27. The molecule has 2 aromatic carbocycles. The van der Waals surface area contributed by atoms with Crippen molar-refractivity contribution >= 4 is 15.9 Å². The van der Waals surface area contributed by atoms with Gasteiger partial charge >= 0.3 is 0 Å². The van der Waals surface area contributed by atoms with Crippen LogP contribution in [-0.2, 0) is 6.54 Å². The monoisotopic (exact) mass is 291 g/mol. The van der Waals surface area contributed by atoms with E-state index in [1.54, 1.807) is 0 Å². The van der Waals surface area contributed by atoms with E-state index in [0.29, 0.717) is 6.54 Å². The Labute approximate surface area is 109 Å². The van der Waals surface area contributed by atoms with Gasteiger partial charge in [-0.15, -0.1) is 0 Å². The molecule has 1 unspecified atom stereocenters. The van der Waals surface area contributed by atoms with Crippen LogP contribution in [0, 0.1) is 0 Å². The molecule has 1 atom stereocenters. The van der Waals surface area contributed by atoms with Crippen LogP contribution in [-0.4, -0.2) is 5.11 Å². The van der Waals surface area contributed by atoms with Gasteiger partial charge in [0, 0.05) is 11.0 Å². The number of halogens is 1. The van der Waals surface area contributed by atoms with Gasteiger partial charge in [0.1, 0.15) is 6.10 Å². The number of aliphatic hydroxyl groups is 1. The molecule has 0 heterocycles. The third-order valence-corrected chi connectivity index (χ3v) is 3.19. The molecule has 17 heavy (non-hydrogen) atoms. The standard InChI is InChI=1S/C14H14BrNO/c15-13-3-1-2-12(8-13)14(17)11-6-4-10(9-16)5-7-11/h1-8,14,17H,9,16H2. The van der Waals surface area contributed by atoms with Gasteiger partial charge in [-0.3, -0.25) is 0 Å². The molecule has 0 radical (unpaired) electrons. The SMILES string of the molecule is NCc1ccc(C(O)c2cccc(Br)c2)cc1. The number of hydrogen-bond donors (Lipinski definition) is 2. The highest BCUT2D eigenvalue weighted by Gasteiger charge is 2.10. The molecule has 0 saturated carbocycles. The second-order valence-electron chi connectivity index (χ2n) is 3.90. The summed E-state index contributed by atoms with van der Waals surface area (Å²) in [5.41, 5.74) is 8.35. The van der Waals surface area contributed by atoms with Crippen molar-refractivity contribution in [1.29, 1.82) is 0 Å². The molecule has 2 rings (SSSR count). The van der Waals surface area contributed by atoms with Gasteiger partial charge in [0.15, 0.2) is 0 Å². The zero-order valence-electron chi connectivity index (χ0n) is 9.31. The van der Waals surface area contributed by atoms with Crippen LogP contribution in [0.4, 0.5) is 0 Å². The molecule has 2 aromatic rings. The summed E-state index contributed by atoms with van der Waals surface area (Å²) >= 11 is 3.40. The molecule has 0 aliphatic carbocycles. The minimum atomic E-state index is -0.598. The average Bonchev–Trinajstić information content (AvgIpc) is 2.38. The molecule has 3 heteroatoms. The van der Waals surface area contributed by atoms with Crippen molar-refractivity contribution < 1.29 is 5.11 Å². The van der Waals surface area contributed by atoms with Gasteiger partial charge in [-0.2, -0.15) is 0 Å². The van der Waals surface area contributed by atoms with Crippen LogP contribution in [0.15, 0.2) is 53.0 Å². The van der Waals surface area contributed by atoms with E-state index in [1.807, 2.05) is 48.5 Å². The molecule has 0 amide bonds. The highest BCUT2D eigenvalue weighted by molar-refractivity contribution is 9.10. The highest BCUT2D eigenvalue weighted by Crippen LogP contribution is 2.24. The van der Waals surface area contributed by atoms with Gasteiger partial charge in [-0.25, -0.2) is 0 Å². The predicted octanol–water partition coefficient (Wildman–Crippen LogP) is 2.99. The van der Waals surface area contributed by atoms with E-state index >= 15 is 0 Å². The van der Waals surface area contributed by atoms with E-state index in [0.717, 1.165) is 21.2 Å². The first-order valence-electron chi connectivity index (χ1n) is 5.43. The van der Waals surface area contributed by atoms with Crippen molar-refractivity contribution in [3.8, 4) is 0 Å². The highest BCUT2D eigenvalue weighted by atomic mass is 79.9. The lowest BCUT2D eigenvalue weighted by Gasteiger charge is -2.12. The first-order valence-corrected chi connectivity index (χ1v) is 6.22. The van der Waals surface area contributed by atoms with Crippen molar-refractivity contribution in [1.82, 2.24) is 0 Å². The lowest BCUT2D eigenvalue weighted by Crippen LogP contribution is -2.01. The lowest BCUT2D eigenvalue weighted by atomic mass is 10.0. The van der Waals surface area contributed by atoms with E-state index < -0.39 is 6.10 Å². The van der Waals surface area contributed by atoms with Crippen LogP contribution in [0.1, 0.15) is 22.8 Å². The fraction of sp³-hybridized carbons (Fsp3) is 0.143. The molecule has 0 aliphatic heterocycles. The maximum Gasteiger partial charge on any atom is 0.104 e. The van der Waals surface area contributed by atoms with Crippen LogP contribution >= 0.6 is 15.9 Å². The number of aliphatic hydroxyl groups excluding tert-OH is 1. The molecular formula is C14H14BrNO. The fourth-order valence-electron chi connectivity index (χ4n) is 1.71. The van der Waals surface area contributed by atoms with E-state index in [9.17, 15) is 5.11 Å². The van der Waals surface area contributed by atoms with Gasteiger partial charge in [0.25, 0.3) is 0 Å². The Morgan fingerprint density at radius 2 is 1.76 bits per heavy atom. The molecular weight excluding hydrogens is 278 g/mol. The van der Waals surface area contributed by atoms with Crippen molar-refractivity contribution in [2.24, 2.45) is 5.73 Å². The Morgan fingerprint density at radius 3 is 2.35 bits per heavy atom. The van der Waals surface area contributed by atoms with Gasteiger partial charge in [-0.1, -0.05) is 52.3 Å². The number of benzene rings is 2. The molecule has 3 N–H and O–H groups in total. The van der Waals surface area contributed by atoms with Gasteiger partial charge < -0.3 is 10.8 Å². The van der Waals surface area contributed by atoms with Crippen molar-refractivity contribution in [2.75, 3.05) is 0 Å². The maximum atomic E-state index is 10.2. The summed E-state index contributed by atoms with van der Waals surface area (Å²) in [6.07, 6.45) is -0.598. The minimum absolute atomic E-state index is 0.521. The minimum Gasteiger partial charge on any atom is -0.384 e. The third-order valence-electron chi connectivity index (χ3n) is 2.70. The lowest BCUT2D eigenvalue weighted by molar-refractivity contribution is 0.220. The van der Waals surface area contributed by atoms with E-state index in [1.165, 1.54) is 0 Å². The van der Waals surface area contributed by atoms with Gasteiger partial charge in [0.05, 0.1) is 0 Å². The number of hydrogen-bond acceptors (Lipinski definition) is 2. The Bertz CT molecular complexity index is 496. The summed E-state index contributed by atoms with van der Waals surface area (Å²) in [6.45, 7) is 0.521. The van der Waals surface area contributed by atoms with Crippen LogP contribution in [0.25, 0.3) is 0 Å². The molecule has 0 fully saturated rings. The van der Waals surface area contributed by atoms with Gasteiger partial charge in [0.2, 0.25) is 0 Å². The summed E-state index contributed by atoms with van der Waals surface area (Å²) < 4.78 is 0.965. The van der Waals surface area contributed by atoms with Crippen molar-refractivity contribution in [3.05, 3.63) is 69.7 Å². The first kappa shape index (κ1) is 12.3. The zero-order valence-corrected chi connectivity index (χ0v) is 10.9. The van der Waals surface area contributed by atoms with E-state index in [2.05, 4.69) is 15.9 Å². The number of rotatable bonds is 3. The summed E-state index contributed by atoms with van der Waals surface area (Å²) in [4.78, 5) is 0. The second-order valence-corrected chi connectivity index (χ2v) is 4.82. The van der Waals surface area contributed by atoms with Crippen LogP contribution in [0.5, 0.6) is 0 Å². The Morgan fingerprint density at radius 1 is 1.06 bits per heavy atom. The topological polar surface area (TPSA) is 46.2 Å². The Kier molecular flexibility index (Phi) is 3.94. The summed E-state index contributed by atoms with van der Waals surface area (Å²) in [5, 5.41) is 10.2. The van der Waals surface area contributed by atoms with Crippen LogP contribution < -0.4 is 5.73 Å². The van der Waals surface area contributed by atoms with Crippen molar-refractivity contribution in [2.45, 2.75) is 12.6 Å². The molecule has 0 saturated heterocycles. The van der Waals surface area contributed by atoms with Gasteiger partial charge in [-0.05, 0) is 28.8 Å². The average molecular weight is 292 g/mol. The maximum absolute atomic E-state index is 10.2.